The second-order valence-corrected chi connectivity index (χ2v) is 7.19. The number of allylic oxidation sites excluding steroid dienone is 2. The highest BCUT2D eigenvalue weighted by Gasteiger charge is 1.98. The van der Waals surface area contributed by atoms with Crippen LogP contribution in [0.2, 0.25) is 0 Å². The Labute approximate surface area is 155 Å². The third kappa shape index (κ3) is 12.6. The number of benzene rings is 1. The summed E-state index contributed by atoms with van der Waals surface area (Å²) in [6.45, 7) is 2.27. The fourth-order valence-electron chi connectivity index (χ4n) is 3.21. The van der Waals surface area contributed by atoms with Gasteiger partial charge in [-0.15, -0.1) is 0 Å². The average molecular weight is 347 g/mol. The first-order chi connectivity index (χ1) is 12.2. The summed E-state index contributed by atoms with van der Waals surface area (Å²) < 4.78 is 0. The maximum absolute atomic E-state index is 9.45. The molecule has 0 aromatic heterocycles. The molecule has 0 spiro atoms. The average Bonchev–Trinajstić information content (AvgIpc) is 2.57. The molecule has 0 aliphatic heterocycles. The molecule has 2 nitrogen and oxygen atoms in total. The standard InChI is InChI=1S/C23H38O2/c1-2-3-4-5-6-7-8-9-10-11-12-13-14-15-16-17-21-18-22(24)20-23(25)19-21/h13-14,18-20,24-25H,2-12,15-17H2,1H3/b14-13+. The van der Waals surface area contributed by atoms with E-state index in [2.05, 4.69) is 19.1 Å². The van der Waals surface area contributed by atoms with Crippen LogP contribution in [0.5, 0.6) is 11.5 Å². The van der Waals surface area contributed by atoms with E-state index in [4.69, 9.17) is 0 Å². The van der Waals surface area contributed by atoms with Gasteiger partial charge in [0.15, 0.2) is 0 Å². The fourth-order valence-corrected chi connectivity index (χ4v) is 3.21. The maximum Gasteiger partial charge on any atom is 0.119 e. The topological polar surface area (TPSA) is 40.5 Å². The van der Waals surface area contributed by atoms with Crippen molar-refractivity contribution in [3.8, 4) is 11.5 Å². The summed E-state index contributed by atoms with van der Waals surface area (Å²) in [5, 5.41) is 18.9. The Kier molecular flexibility index (Phi) is 12.8. The molecule has 0 amide bonds. The molecule has 0 heterocycles. The third-order valence-corrected chi connectivity index (χ3v) is 4.69. The van der Waals surface area contributed by atoms with Crippen LogP contribution in [-0.2, 0) is 6.42 Å². The first-order valence-corrected chi connectivity index (χ1v) is 10.4. The van der Waals surface area contributed by atoms with Gasteiger partial charge in [-0.25, -0.2) is 0 Å². The molecule has 142 valence electrons. The van der Waals surface area contributed by atoms with Crippen LogP contribution in [0, 0.1) is 0 Å². The zero-order valence-corrected chi connectivity index (χ0v) is 16.2. The van der Waals surface area contributed by atoms with Crippen LogP contribution < -0.4 is 0 Å². The molecule has 1 rings (SSSR count). The van der Waals surface area contributed by atoms with Gasteiger partial charge in [-0.05, 0) is 49.8 Å². The number of phenolic OH excluding ortho intramolecular Hbond substituents is 2. The van der Waals surface area contributed by atoms with Crippen LogP contribution in [0.4, 0.5) is 0 Å². The highest BCUT2D eigenvalue weighted by Crippen LogP contribution is 2.21. The summed E-state index contributed by atoms with van der Waals surface area (Å²) in [7, 11) is 0. The number of aromatic hydroxyl groups is 2. The van der Waals surface area contributed by atoms with E-state index in [1.165, 1.54) is 76.7 Å². The van der Waals surface area contributed by atoms with Crippen molar-refractivity contribution in [3.05, 3.63) is 35.9 Å². The van der Waals surface area contributed by atoms with E-state index in [-0.39, 0.29) is 11.5 Å². The Morgan fingerprint density at radius 2 is 1.12 bits per heavy atom. The number of aryl methyl sites for hydroxylation is 1. The number of hydrogen-bond acceptors (Lipinski definition) is 2. The third-order valence-electron chi connectivity index (χ3n) is 4.69. The van der Waals surface area contributed by atoms with Gasteiger partial charge in [-0.3, -0.25) is 0 Å². The lowest BCUT2D eigenvalue weighted by Gasteiger charge is -2.02. The van der Waals surface area contributed by atoms with Crippen LogP contribution in [0.1, 0.15) is 96.0 Å². The first kappa shape index (κ1) is 21.6. The van der Waals surface area contributed by atoms with Crippen molar-refractivity contribution in [2.45, 2.75) is 96.8 Å². The predicted octanol–water partition coefficient (Wildman–Crippen LogP) is 7.29. The Morgan fingerprint density at radius 3 is 1.68 bits per heavy atom. The molecule has 0 saturated heterocycles. The number of rotatable bonds is 15. The van der Waals surface area contributed by atoms with Gasteiger partial charge < -0.3 is 10.2 Å². The first-order valence-electron chi connectivity index (χ1n) is 10.4. The van der Waals surface area contributed by atoms with E-state index in [9.17, 15) is 10.2 Å². The largest absolute Gasteiger partial charge is 0.508 e. The van der Waals surface area contributed by atoms with Crippen molar-refractivity contribution in [2.75, 3.05) is 0 Å². The molecular formula is C23H38O2. The monoisotopic (exact) mass is 346 g/mol. The molecule has 2 N–H and O–H groups in total. The summed E-state index contributed by atoms with van der Waals surface area (Å²) in [6, 6.07) is 4.83. The van der Waals surface area contributed by atoms with Gasteiger partial charge in [0.1, 0.15) is 11.5 Å². The lowest BCUT2D eigenvalue weighted by atomic mass is 10.1. The molecule has 0 aliphatic rings. The molecule has 1 aromatic rings. The summed E-state index contributed by atoms with van der Waals surface area (Å²) in [6.07, 6.45) is 22.7. The van der Waals surface area contributed by atoms with Gasteiger partial charge in [0, 0.05) is 6.07 Å². The zero-order chi connectivity index (χ0) is 18.2. The summed E-state index contributed by atoms with van der Waals surface area (Å²) in [5.74, 6) is 0.290. The van der Waals surface area contributed by atoms with Gasteiger partial charge in [0.2, 0.25) is 0 Å². The van der Waals surface area contributed by atoms with Gasteiger partial charge in [-0.2, -0.15) is 0 Å². The molecule has 0 unspecified atom stereocenters. The molecule has 0 radical (unpaired) electrons. The van der Waals surface area contributed by atoms with Gasteiger partial charge in [0.25, 0.3) is 0 Å². The number of phenols is 2. The van der Waals surface area contributed by atoms with E-state index >= 15 is 0 Å². The molecule has 0 saturated carbocycles. The molecule has 0 atom stereocenters. The lowest BCUT2D eigenvalue weighted by molar-refractivity contribution is 0.449. The zero-order valence-electron chi connectivity index (χ0n) is 16.2. The van der Waals surface area contributed by atoms with Gasteiger partial charge in [0.05, 0.1) is 0 Å². The maximum atomic E-state index is 9.45. The Morgan fingerprint density at radius 1 is 0.640 bits per heavy atom. The van der Waals surface area contributed by atoms with E-state index in [0.717, 1.165) is 24.8 Å². The normalized spacial score (nSPS) is 11.4. The smallest absolute Gasteiger partial charge is 0.119 e. The Bertz CT molecular complexity index is 445. The quantitative estimate of drug-likeness (QED) is 0.258. The van der Waals surface area contributed by atoms with Crippen molar-refractivity contribution in [3.63, 3.8) is 0 Å². The van der Waals surface area contributed by atoms with Crippen LogP contribution in [0.3, 0.4) is 0 Å². The van der Waals surface area contributed by atoms with E-state index < -0.39 is 0 Å². The SMILES string of the molecule is CCCCCCCCCCCC/C=C/CCCc1cc(O)cc(O)c1. The van der Waals surface area contributed by atoms with E-state index in [0.29, 0.717) is 0 Å². The van der Waals surface area contributed by atoms with Crippen LogP contribution >= 0.6 is 0 Å². The summed E-state index contributed by atoms with van der Waals surface area (Å²) >= 11 is 0. The van der Waals surface area contributed by atoms with Crippen molar-refractivity contribution >= 4 is 0 Å². The summed E-state index contributed by atoms with van der Waals surface area (Å²) in [4.78, 5) is 0. The van der Waals surface area contributed by atoms with Gasteiger partial charge >= 0.3 is 0 Å². The van der Waals surface area contributed by atoms with Crippen LogP contribution in [-0.4, -0.2) is 10.2 Å². The predicted molar refractivity (Wildman–Crippen MR) is 108 cm³/mol. The Balaban J connectivity index is 1.88. The minimum Gasteiger partial charge on any atom is -0.508 e. The minimum absolute atomic E-state index is 0.145. The second-order valence-electron chi connectivity index (χ2n) is 7.19. The molecule has 1 aromatic carbocycles. The van der Waals surface area contributed by atoms with E-state index in [1.54, 1.807) is 12.1 Å². The number of unbranched alkanes of at least 4 members (excludes halogenated alkanes) is 11. The van der Waals surface area contributed by atoms with Crippen molar-refractivity contribution < 1.29 is 10.2 Å². The molecule has 2 heteroatoms. The van der Waals surface area contributed by atoms with E-state index in [1.807, 2.05) is 0 Å². The number of hydrogen-bond donors (Lipinski definition) is 2. The van der Waals surface area contributed by atoms with Crippen LogP contribution in [0.15, 0.2) is 30.4 Å². The minimum atomic E-state index is 0.145. The van der Waals surface area contributed by atoms with Crippen molar-refractivity contribution in [1.82, 2.24) is 0 Å². The molecule has 0 fully saturated rings. The van der Waals surface area contributed by atoms with Crippen LogP contribution in [0.25, 0.3) is 0 Å². The summed E-state index contributed by atoms with van der Waals surface area (Å²) in [5.41, 5.74) is 1.00. The molecule has 0 bridgehead atoms. The Hall–Kier alpha value is -1.44. The highest BCUT2D eigenvalue weighted by molar-refractivity contribution is 5.36. The molecule has 0 aliphatic carbocycles. The van der Waals surface area contributed by atoms with Gasteiger partial charge in [-0.1, -0.05) is 76.9 Å². The highest BCUT2D eigenvalue weighted by atomic mass is 16.3. The molecular weight excluding hydrogens is 308 g/mol. The fraction of sp³-hybridized carbons (Fsp3) is 0.652. The lowest BCUT2D eigenvalue weighted by Crippen LogP contribution is -1.84. The second kappa shape index (κ2) is 14.9. The van der Waals surface area contributed by atoms with Crippen molar-refractivity contribution in [2.24, 2.45) is 0 Å². The molecule has 25 heavy (non-hydrogen) atoms. The van der Waals surface area contributed by atoms with Crippen molar-refractivity contribution in [1.29, 1.82) is 0 Å².